The van der Waals surface area contributed by atoms with Gasteiger partial charge in [-0.25, -0.2) is 9.97 Å². The molecule has 26 heavy (non-hydrogen) atoms. The van der Waals surface area contributed by atoms with E-state index in [1.807, 2.05) is 0 Å². The molecule has 2 N–H and O–H groups in total. The van der Waals surface area contributed by atoms with Gasteiger partial charge in [-0.2, -0.15) is 5.26 Å². The van der Waals surface area contributed by atoms with Gasteiger partial charge >= 0.3 is 0 Å². The molecule has 3 rings (SSSR count). The molecule has 3 aromatic rings. The van der Waals surface area contributed by atoms with Crippen molar-refractivity contribution in [3.05, 3.63) is 72.1 Å². The van der Waals surface area contributed by atoms with Crippen LogP contribution in [0.2, 0.25) is 0 Å². The molecule has 2 aromatic carbocycles. The van der Waals surface area contributed by atoms with Crippen LogP contribution in [0.3, 0.4) is 0 Å². The Hall–Kier alpha value is -3.92. The third-order valence-electron chi connectivity index (χ3n) is 3.54. The average molecular weight is 345 g/mol. The monoisotopic (exact) mass is 345 g/mol. The average Bonchev–Trinajstić information content (AvgIpc) is 2.69. The number of amides is 1. The summed E-state index contributed by atoms with van der Waals surface area (Å²) in [6.07, 6.45) is 2.83. The number of ether oxygens (including phenoxy) is 1. The first-order valence-electron chi connectivity index (χ1n) is 7.73. The van der Waals surface area contributed by atoms with E-state index < -0.39 is 0 Å². The van der Waals surface area contributed by atoms with Crippen molar-refractivity contribution in [2.45, 2.75) is 0 Å². The van der Waals surface area contributed by atoms with Gasteiger partial charge in [0.05, 0.1) is 23.9 Å². The number of carbonyl (C=O) groups excluding carboxylic acids is 1. The van der Waals surface area contributed by atoms with Crippen molar-refractivity contribution in [3.8, 4) is 11.8 Å². The van der Waals surface area contributed by atoms with E-state index in [0.29, 0.717) is 34.2 Å². The summed E-state index contributed by atoms with van der Waals surface area (Å²) in [5.41, 5.74) is 2.01. The molecule has 1 aromatic heterocycles. The van der Waals surface area contributed by atoms with Crippen LogP contribution in [0.1, 0.15) is 15.9 Å². The van der Waals surface area contributed by atoms with Crippen molar-refractivity contribution in [1.29, 1.82) is 5.26 Å². The first-order valence-corrected chi connectivity index (χ1v) is 7.73. The van der Waals surface area contributed by atoms with E-state index in [2.05, 4.69) is 26.7 Å². The van der Waals surface area contributed by atoms with E-state index in [9.17, 15) is 4.79 Å². The maximum absolute atomic E-state index is 12.3. The van der Waals surface area contributed by atoms with Crippen LogP contribution in [-0.2, 0) is 0 Å². The van der Waals surface area contributed by atoms with Crippen LogP contribution in [-0.4, -0.2) is 23.0 Å². The molecule has 0 fully saturated rings. The van der Waals surface area contributed by atoms with Gasteiger partial charge in [0.1, 0.15) is 11.8 Å². The number of aromatic nitrogens is 2. The number of hydrogen-bond donors (Lipinski definition) is 2. The zero-order valence-corrected chi connectivity index (χ0v) is 13.9. The lowest BCUT2D eigenvalue weighted by Gasteiger charge is -2.08. The maximum atomic E-state index is 12.3. The zero-order chi connectivity index (χ0) is 18.4. The van der Waals surface area contributed by atoms with Gasteiger partial charge in [0.2, 0.25) is 5.95 Å². The molecule has 0 spiro atoms. The Balaban J connectivity index is 1.70. The molecule has 0 aliphatic heterocycles. The number of nitrogens with one attached hydrogen (secondary N) is 2. The number of nitriles is 1. The predicted octanol–water partition coefficient (Wildman–Crippen LogP) is 3.35. The molecule has 0 saturated carbocycles. The summed E-state index contributed by atoms with van der Waals surface area (Å²) in [5.74, 6) is 0.614. The summed E-state index contributed by atoms with van der Waals surface area (Å²) >= 11 is 0. The van der Waals surface area contributed by atoms with Crippen LogP contribution < -0.4 is 15.4 Å². The molecule has 0 aliphatic rings. The van der Waals surface area contributed by atoms with Crippen molar-refractivity contribution in [2.24, 2.45) is 0 Å². The fraction of sp³-hybridized carbons (Fsp3) is 0.0526. The molecular weight excluding hydrogens is 330 g/mol. The van der Waals surface area contributed by atoms with Gasteiger partial charge in [0, 0.05) is 24.1 Å². The number of hydrogen-bond acceptors (Lipinski definition) is 6. The lowest BCUT2D eigenvalue weighted by molar-refractivity contribution is 0.102. The van der Waals surface area contributed by atoms with Gasteiger partial charge < -0.3 is 15.4 Å². The predicted molar refractivity (Wildman–Crippen MR) is 97.4 cm³/mol. The summed E-state index contributed by atoms with van der Waals surface area (Å²) in [5, 5.41) is 14.8. The molecule has 0 saturated heterocycles. The van der Waals surface area contributed by atoms with Crippen molar-refractivity contribution in [3.63, 3.8) is 0 Å². The van der Waals surface area contributed by atoms with Crippen molar-refractivity contribution < 1.29 is 9.53 Å². The third kappa shape index (κ3) is 3.94. The molecule has 0 aliphatic carbocycles. The largest absolute Gasteiger partial charge is 0.497 e. The number of benzene rings is 2. The van der Waals surface area contributed by atoms with Crippen molar-refractivity contribution in [1.82, 2.24) is 9.97 Å². The minimum absolute atomic E-state index is 0.297. The van der Waals surface area contributed by atoms with E-state index in [1.165, 1.54) is 12.4 Å². The van der Waals surface area contributed by atoms with Crippen LogP contribution in [0, 0.1) is 11.3 Å². The highest BCUT2D eigenvalue weighted by Crippen LogP contribution is 2.19. The SMILES string of the molecule is COc1cccc(NC(=O)c2cnc(Nc3ccccc3C#N)nc2)c1. The second-order valence-corrected chi connectivity index (χ2v) is 5.26. The zero-order valence-electron chi connectivity index (χ0n) is 13.9. The quantitative estimate of drug-likeness (QED) is 0.735. The smallest absolute Gasteiger partial charge is 0.258 e. The number of para-hydroxylation sites is 1. The Morgan fingerprint density at radius 3 is 2.62 bits per heavy atom. The lowest BCUT2D eigenvalue weighted by Crippen LogP contribution is -2.13. The fourth-order valence-electron chi connectivity index (χ4n) is 2.22. The Labute approximate surface area is 150 Å². The van der Waals surface area contributed by atoms with Gasteiger partial charge in [0.25, 0.3) is 5.91 Å². The van der Waals surface area contributed by atoms with Crippen LogP contribution in [0.5, 0.6) is 5.75 Å². The topological polar surface area (TPSA) is 99.9 Å². The van der Waals surface area contributed by atoms with Crippen LogP contribution in [0.25, 0.3) is 0 Å². The summed E-state index contributed by atoms with van der Waals surface area (Å²) in [4.78, 5) is 20.5. The van der Waals surface area contributed by atoms with E-state index in [4.69, 9.17) is 10.00 Å². The first kappa shape index (κ1) is 16.9. The highest BCUT2D eigenvalue weighted by Gasteiger charge is 2.09. The molecule has 0 radical (unpaired) electrons. The van der Waals surface area contributed by atoms with Gasteiger partial charge in [-0.3, -0.25) is 4.79 Å². The fourth-order valence-corrected chi connectivity index (χ4v) is 2.22. The molecule has 7 nitrogen and oxygen atoms in total. The molecule has 128 valence electrons. The number of nitrogens with zero attached hydrogens (tertiary/aromatic N) is 3. The molecule has 1 heterocycles. The number of methoxy groups -OCH3 is 1. The minimum atomic E-state index is -0.331. The molecule has 0 bridgehead atoms. The van der Waals surface area contributed by atoms with Gasteiger partial charge in [0.15, 0.2) is 0 Å². The summed E-state index contributed by atoms with van der Waals surface area (Å²) in [6.45, 7) is 0. The van der Waals surface area contributed by atoms with Crippen LogP contribution in [0.4, 0.5) is 17.3 Å². The lowest BCUT2D eigenvalue weighted by atomic mass is 10.2. The highest BCUT2D eigenvalue weighted by molar-refractivity contribution is 6.04. The standard InChI is InChI=1S/C19H15N5O2/c1-26-16-7-4-6-15(9-16)23-18(25)14-11-21-19(22-12-14)24-17-8-3-2-5-13(17)10-20/h2-9,11-12H,1H3,(H,23,25)(H,21,22,24). The van der Waals surface area contributed by atoms with E-state index >= 15 is 0 Å². The van der Waals surface area contributed by atoms with E-state index in [-0.39, 0.29) is 5.91 Å². The Morgan fingerprint density at radius 2 is 1.88 bits per heavy atom. The number of rotatable bonds is 5. The van der Waals surface area contributed by atoms with E-state index in [0.717, 1.165) is 0 Å². The second kappa shape index (κ2) is 7.77. The normalized spacial score (nSPS) is 9.85. The summed E-state index contributed by atoms with van der Waals surface area (Å²) in [6, 6.07) is 16.2. The minimum Gasteiger partial charge on any atom is -0.497 e. The summed E-state index contributed by atoms with van der Waals surface area (Å²) < 4.78 is 5.13. The maximum Gasteiger partial charge on any atom is 0.258 e. The number of anilines is 3. The van der Waals surface area contributed by atoms with Gasteiger partial charge in [-0.15, -0.1) is 0 Å². The molecular formula is C19H15N5O2. The Bertz CT molecular complexity index is 964. The first-order chi connectivity index (χ1) is 12.7. The van der Waals surface area contributed by atoms with Gasteiger partial charge in [-0.1, -0.05) is 18.2 Å². The summed E-state index contributed by atoms with van der Waals surface area (Å²) in [7, 11) is 1.56. The third-order valence-corrected chi connectivity index (χ3v) is 3.54. The number of carbonyl (C=O) groups is 1. The molecule has 0 atom stereocenters. The van der Waals surface area contributed by atoms with Gasteiger partial charge in [-0.05, 0) is 24.3 Å². The molecule has 1 amide bonds. The Kier molecular flexibility index (Phi) is 5.05. The van der Waals surface area contributed by atoms with E-state index in [1.54, 1.807) is 55.6 Å². The van der Waals surface area contributed by atoms with Crippen LogP contribution in [0.15, 0.2) is 60.9 Å². The molecule has 0 unspecified atom stereocenters. The van der Waals surface area contributed by atoms with Crippen molar-refractivity contribution >= 4 is 23.2 Å². The Morgan fingerprint density at radius 1 is 1.12 bits per heavy atom. The molecule has 7 heteroatoms. The highest BCUT2D eigenvalue weighted by atomic mass is 16.5. The second-order valence-electron chi connectivity index (χ2n) is 5.26. The van der Waals surface area contributed by atoms with Crippen molar-refractivity contribution in [2.75, 3.05) is 17.7 Å². The van der Waals surface area contributed by atoms with Crippen LogP contribution >= 0.6 is 0 Å².